The fourth-order valence-corrected chi connectivity index (χ4v) is 2.69. The molecule has 0 saturated heterocycles. The second kappa shape index (κ2) is 5.63. The third-order valence-corrected chi connectivity index (χ3v) is 4.07. The van der Waals surface area contributed by atoms with E-state index < -0.39 is 0 Å². The number of hydrogen-bond acceptors (Lipinski definition) is 4. The molecule has 0 bridgehead atoms. The van der Waals surface area contributed by atoms with E-state index in [4.69, 9.17) is 0 Å². The summed E-state index contributed by atoms with van der Waals surface area (Å²) in [6.07, 6.45) is 10.1. The molecule has 0 saturated carbocycles. The molecular weight excluding hydrogens is 278 g/mol. The highest BCUT2D eigenvalue weighted by atomic mass is 16.2. The van der Waals surface area contributed by atoms with Crippen LogP contribution in [-0.4, -0.2) is 39.4 Å². The minimum atomic E-state index is -0.0946. The summed E-state index contributed by atoms with van der Waals surface area (Å²) in [6, 6.07) is 3.86. The molecule has 0 N–H and O–H groups in total. The number of hydrogen-bond donors (Lipinski definition) is 0. The van der Waals surface area contributed by atoms with Crippen LogP contribution < -0.4 is 4.90 Å². The van der Waals surface area contributed by atoms with E-state index in [2.05, 4.69) is 20.9 Å². The van der Waals surface area contributed by atoms with Gasteiger partial charge in [0.15, 0.2) is 0 Å². The number of rotatable bonds is 3. The van der Waals surface area contributed by atoms with Gasteiger partial charge >= 0.3 is 0 Å². The van der Waals surface area contributed by atoms with Crippen LogP contribution in [0, 0.1) is 0 Å². The van der Waals surface area contributed by atoms with E-state index in [9.17, 15) is 4.79 Å². The van der Waals surface area contributed by atoms with Gasteiger partial charge in [0.25, 0.3) is 5.91 Å². The molecule has 1 atom stereocenters. The molecule has 6 nitrogen and oxygen atoms in total. The Bertz CT molecular complexity index is 707. The van der Waals surface area contributed by atoms with Crippen LogP contribution in [-0.2, 0) is 7.05 Å². The lowest BCUT2D eigenvalue weighted by molar-refractivity contribution is 0.0984. The molecule has 3 heterocycles. The molecule has 1 aliphatic rings. The summed E-state index contributed by atoms with van der Waals surface area (Å²) in [6.45, 7) is 0. The zero-order valence-electron chi connectivity index (χ0n) is 13.0. The van der Waals surface area contributed by atoms with E-state index in [1.807, 2.05) is 37.0 Å². The van der Waals surface area contributed by atoms with Gasteiger partial charge in [-0.15, -0.1) is 0 Å². The van der Waals surface area contributed by atoms with Gasteiger partial charge in [0.05, 0.1) is 24.1 Å². The molecule has 22 heavy (non-hydrogen) atoms. The van der Waals surface area contributed by atoms with Crippen LogP contribution in [0.15, 0.2) is 43.0 Å². The molecule has 3 rings (SSSR count). The van der Waals surface area contributed by atoms with Crippen molar-refractivity contribution in [2.75, 3.05) is 19.0 Å². The summed E-state index contributed by atoms with van der Waals surface area (Å²) >= 11 is 0. The van der Waals surface area contributed by atoms with E-state index >= 15 is 0 Å². The predicted octanol–water partition coefficient (Wildman–Crippen LogP) is 1.98. The van der Waals surface area contributed by atoms with Crippen molar-refractivity contribution in [1.82, 2.24) is 19.4 Å². The van der Waals surface area contributed by atoms with Gasteiger partial charge in [-0.25, -0.2) is 4.98 Å². The summed E-state index contributed by atoms with van der Waals surface area (Å²) in [5, 5.41) is 0. The zero-order chi connectivity index (χ0) is 15.7. The first-order valence-corrected chi connectivity index (χ1v) is 7.18. The minimum absolute atomic E-state index is 0.0946. The van der Waals surface area contributed by atoms with Crippen molar-refractivity contribution in [3.8, 4) is 0 Å². The maximum absolute atomic E-state index is 12.7. The van der Waals surface area contributed by atoms with E-state index in [1.165, 1.54) is 0 Å². The Kier molecular flexibility index (Phi) is 3.66. The fraction of sp³-hybridized carbons (Fsp3) is 0.312. The lowest BCUT2D eigenvalue weighted by atomic mass is 10.2. The Morgan fingerprint density at radius 3 is 2.82 bits per heavy atom. The lowest BCUT2D eigenvalue weighted by Gasteiger charge is -2.21. The topological polar surface area (TPSA) is 54.3 Å². The third kappa shape index (κ3) is 2.36. The summed E-state index contributed by atoms with van der Waals surface area (Å²) in [7, 11) is 5.65. The monoisotopic (exact) mass is 297 g/mol. The predicted molar refractivity (Wildman–Crippen MR) is 84.4 cm³/mol. The minimum Gasteiger partial charge on any atom is -0.370 e. The Morgan fingerprint density at radius 1 is 1.36 bits per heavy atom. The summed E-state index contributed by atoms with van der Waals surface area (Å²) in [4.78, 5) is 24.9. The molecule has 0 aliphatic carbocycles. The first kappa shape index (κ1) is 14.3. The quantitative estimate of drug-likeness (QED) is 0.869. The molecular formula is C16H19N5O. The molecule has 2 aromatic heterocycles. The van der Waals surface area contributed by atoms with Crippen LogP contribution in [0.25, 0.3) is 0 Å². The van der Waals surface area contributed by atoms with Crippen LogP contribution in [0.5, 0.6) is 0 Å². The molecule has 2 aromatic rings. The molecule has 6 heteroatoms. The molecule has 114 valence electrons. The summed E-state index contributed by atoms with van der Waals surface area (Å²) in [5.74, 6) is 0.804. The number of carbonyl (C=O) groups is 1. The van der Waals surface area contributed by atoms with Gasteiger partial charge in [0, 0.05) is 27.3 Å². The van der Waals surface area contributed by atoms with Gasteiger partial charge in [0.2, 0.25) is 0 Å². The fourth-order valence-electron chi connectivity index (χ4n) is 2.69. The first-order chi connectivity index (χ1) is 10.6. The SMILES string of the molecule is CN(C(=O)c1cnc(C2CC=CN2C)n1C)c1cccnc1. The molecule has 0 radical (unpaired) electrons. The van der Waals surface area contributed by atoms with Crippen molar-refractivity contribution in [1.29, 1.82) is 0 Å². The molecule has 0 fully saturated rings. The second-order valence-electron chi connectivity index (χ2n) is 5.44. The number of amides is 1. The van der Waals surface area contributed by atoms with Crippen molar-refractivity contribution in [2.24, 2.45) is 7.05 Å². The van der Waals surface area contributed by atoms with Crippen molar-refractivity contribution < 1.29 is 4.79 Å². The normalized spacial score (nSPS) is 17.0. The Hall–Kier alpha value is -2.63. The van der Waals surface area contributed by atoms with Crippen molar-refractivity contribution in [3.05, 3.63) is 54.5 Å². The van der Waals surface area contributed by atoms with Crippen molar-refractivity contribution in [3.63, 3.8) is 0 Å². The van der Waals surface area contributed by atoms with Crippen LogP contribution in [0.3, 0.4) is 0 Å². The van der Waals surface area contributed by atoms with E-state index in [-0.39, 0.29) is 11.9 Å². The number of pyridine rings is 1. The Balaban J connectivity index is 1.86. The van der Waals surface area contributed by atoms with Crippen LogP contribution in [0.4, 0.5) is 5.69 Å². The van der Waals surface area contributed by atoms with E-state index in [1.54, 1.807) is 30.5 Å². The maximum atomic E-state index is 12.7. The number of nitrogens with zero attached hydrogens (tertiary/aromatic N) is 5. The van der Waals surface area contributed by atoms with Gasteiger partial charge in [-0.1, -0.05) is 6.08 Å². The highest BCUT2D eigenvalue weighted by Gasteiger charge is 2.26. The third-order valence-electron chi connectivity index (χ3n) is 4.07. The molecule has 1 unspecified atom stereocenters. The Labute approximate surface area is 129 Å². The van der Waals surface area contributed by atoms with Gasteiger partial charge in [-0.05, 0) is 24.8 Å². The van der Waals surface area contributed by atoms with Gasteiger partial charge < -0.3 is 14.4 Å². The average Bonchev–Trinajstić information content (AvgIpc) is 3.12. The maximum Gasteiger partial charge on any atom is 0.276 e. The van der Waals surface area contributed by atoms with Crippen molar-refractivity contribution in [2.45, 2.75) is 12.5 Å². The summed E-state index contributed by atoms with van der Waals surface area (Å²) in [5.41, 5.74) is 1.33. The smallest absolute Gasteiger partial charge is 0.276 e. The number of anilines is 1. The lowest BCUT2D eigenvalue weighted by Crippen LogP contribution is -2.28. The zero-order valence-corrected chi connectivity index (χ0v) is 13.0. The van der Waals surface area contributed by atoms with E-state index in [0.29, 0.717) is 5.69 Å². The molecule has 0 aromatic carbocycles. The molecule has 1 aliphatic heterocycles. The number of aromatic nitrogens is 3. The van der Waals surface area contributed by atoms with Gasteiger partial charge in [-0.2, -0.15) is 0 Å². The standard InChI is InChI=1S/C16H19N5O/c1-19-9-5-7-13(19)15-18-11-14(21(15)3)16(22)20(2)12-6-4-8-17-10-12/h4-6,8-11,13H,7H2,1-3H3. The highest BCUT2D eigenvalue weighted by Crippen LogP contribution is 2.28. The molecule has 1 amide bonds. The van der Waals surface area contributed by atoms with Crippen LogP contribution >= 0.6 is 0 Å². The Morgan fingerprint density at radius 2 is 2.18 bits per heavy atom. The van der Waals surface area contributed by atoms with Gasteiger partial charge in [0.1, 0.15) is 11.5 Å². The van der Waals surface area contributed by atoms with Crippen LogP contribution in [0.2, 0.25) is 0 Å². The average molecular weight is 297 g/mol. The number of carbonyl (C=O) groups excluding carboxylic acids is 1. The van der Waals surface area contributed by atoms with E-state index in [0.717, 1.165) is 17.9 Å². The molecule has 0 spiro atoms. The largest absolute Gasteiger partial charge is 0.370 e. The highest BCUT2D eigenvalue weighted by molar-refractivity contribution is 6.04. The first-order valence-electron chi connectivity index (χ1n) is 7.18. The second-order valence-corrected chi connectivity index (χ2v) is 5.44. The number of imidazole rings is 1. The van der Waals surface area contributed by atoms with Crippen molar-refractivity contribution >= 4 is 11.6 Å². The summed E-state index contributed by atoms with van der Waals surface area (Å²) < 4.78 is 1.88. The van der Waals surface area contributed by atoms with Crippen LogP contribution in [0.1, 0.15) is 28.8 Å². The van der Waals surface area contributed by atoms with Gasteiger partial charge in [-0.3, -0.25) is 9.78 Å².